The molecule has 160 valence electrons. The van der Waals surface area contributed by atoms with Gasteiger partial charge in [0.2, 0.25) is 0 Å². The molecule has 0 fully saturated rings. The summed E-state index contributed by atoms with van der Waals surface area (Å²) in [5.41, 5.74) is 5.79. The van der Waals surface area contributed by atoms with Crippen LogP contribution in [0.5, 0.6) is 11.5 Å². The van der Waals surface area contributed by atoms with Gasteiger partial charge in [-0.15, -0.1) is 0 Å². The smallest absolute Gasteiger partial charge is 0.269 e. The summed E-state index contributed by atoms with van der Waals surface area (Å²) in [6, 6.07) is 10.0. The van der Waals surface area contributed by atoms with E-state index in [0.717, 1.165) is 16.4 Å². The van der Waals surface area contributed by atoms with E-state index >= 15 is 0 Å². The number of amides is 2. The summed E-state index contributed by atoms with van der Waals surface area (Å²) in [6.07, 6.45) is 1.99. The van der Waals surface area contributed by atoms with E-state index in [1.54, 1.807) is 43.5 Å². The molecule has 10 heteroatoms. The number of methoxy groups -OCH3 is 1. The molecule has 0 aliphatic carbocycles. The zero-order valence-electron chi connectivity index (χ0n) is 16.4. The number of nitrogens with one attached hydrogen (secondary N) is 3. The van der Waals surface area contributed by atoms with Crippen molar-refractivity contribution in [3.8, 4) is 11.5 Å². The molecule has 7 nitrogen and oxygen atoms in total. The summed E-state index contributed by atoms with van der Waals surface area (Å²) in [4.78, 5) is 24.6. The molecule has 0 saturated heterocycles. The van der Waals surface area contributed by atoms with E-state index < -0.39 is 11.8 Å². The molecule has 2 rings (SSSR count). The van der Waals surface area contributed by atoms with Crippen LogP contribution in [0, 0.1) is 3.57 Å². The lowest BCUT2D eigenvalue weighted by Gasteiger charge is -2.12. The third kappa shape index (κ3) is 7.10. The van der Waals surface area contributed by atoms with Crippen molar-refractivity contribution in [2.75, 3.05) is 13.7 Å². The first-order valence-electron chi connectivity index (χ1n) is 9.03. The van der Waals surface area contributed by atoms with Crippen molar-refractivity contribution in [1.82, 2.24) is 16.2 Å². The number of unbranched alkanes of at least 4 members (excludes halogenated alkanes) is 1. The van der Waals surface area contributed by atoms with Crippen LogP contribution in [0.25, 0.3) is 0 Å². The Morgan fingerprint density at radius 3 is 2.33 bits per heavy atom. The summed E-state index contributed by atoms with van der Waals surface area (Å²) in [5.74, 6) is 0.531. The lowest BCUT2D eigenvalue weighted by atomic mass is 10.2. The minimum atomic E-state index is -0.415. The van der Waals surface area contributed by atoms with E-state index in [4.69, 9.17) is 21.7 Å². The fraction of sp³-hybridized carbons (Fsp3) is 0.250. The quantitative estimate of drug-likeness (QED) is 0.190. The first kappa shape index (κ1) is 24.4. The van der Waals surface area contributed by atoms with Gasteiger partial charge in [0.1, 0.15) is 11.5 Å². The van der Waals surface area contributed by atoms with Crippen LogP contribution in [0.15, 0.2) is 40.9 Å². The first-order valence-corrected chi connectivity index (χ1v) is 11.3. The number of benzene rings is 2. The number of thiocarbonyl (C=S) groups is 1. The second-order valence-corrected chi connectivity index (χ2v) is 8.48. The second kappa shape index (κ2) is 12.1. The van der Waals surface area contributed by atoms with Gasteiger partial charge in [-0.1, -0.05) is 13.3 Å². The molecule has 0 aromatic heterocycles. The van der Waals surface area contributed by atoms with Crippen molar-refractivity contribution in [3.05, 3.63) is 55.6 Å². The van der Waals surface area contributed by atoms with Crippen LogP contribution >= 0.6 is 50.7 Å². The maximum Gasteiger partial charge on any atom is 0.269 e. The topological polar surface area (TPSA) is 88.7 Å². The fourth-order valence-corrected chi connectivity index (χ4v) is 3.66. The van der Waals surface area contributed by atoms with E-state index in [2.05, 4.69) is 61.6 Å². The average molecular weight is 606 g/mol. The highest BCUT2D eigenvalue weighted by atomic mass is 127. The van der Waals surface area contributed by atoms with Crippen molar-refractivity contribution in [2.45, 2.75) is 19.8 Å². The van der Waals surface area contributed by atoms with Crippen molar-refractivity contribution < 1.29 is 19.1 Å². The maximum atomic E-state index is 12.4. The Labute approximate surface area is 202 Å². The van der Waals surface area contributed by atoms with Gasteiger partial charge in [-0.2, -0.15) is 0 Å². The molecule has 0 radical (unpaired) electrons. The molecular weight excluding hydrogens is 585 g/mol. The average Bonchev–Trinajstić information content (AvgIpc) is 2.73. The number of carbonyl (C=O) groups excluding carboxylic acids is 2. The summed E-state index contributed by atoms with van der Waals surface area (Å²) < 4.78 is 12.3. The van der Waals surface area contributed by atoms with Crippen LogP contribution < -0.4 is 25.6 Å². The molecule has 2 amide bonds. The highest BCUT2D eigenvalue weighted by Crippen LogP contribution is 2.26. The summed E-state index contributed by atoms with van der Waals surface area (Å²) in [6.45, 7) is 2.70. The number of carbonyl (C=O) groups is 2. The second-order valence-electron chi connectivity index (χ2n) is 6.06. The summed E-state index contributed by atoms with van der Waals surface area (Å²) in [5, 5.41) is 2.48. The number of rotatable bonds is 7. The number of halogens is 2. The van der Waals surface area contributed by atoms with Gasteiger partial charge >= 0.3 is 0 Å². The lowest BCUT2D eigenvalue weighted by molar-refractivity contribution is 0.0934. The van der Waals surface area contributed by atoms with Crippen LogP contribution in [-0.4, -0.2) is 30.6 Å². The molecule has 3 N–H and O–H groups in total. The van der Waals surface area contributed by atoms with Gasteiger partial charge in [0, 0.05) is 11.1 Å². The molecular formula is C20H21BrIN3O4S. The van der Waals surface area contributed by atoms with Gasteiger partial charge < -0.3 is 9.47 Å². The van der Waals surface area contributed by atoms with Crippen molar-refractivity contribution in [3.63, 3.8) is 0 Å². The minimum Gasteiger partial charge on any atom is -0.496 e. The monoisotopic (exact) mass is 605 g/mol. The Bertz CT molecular complexity index is 942. The molecule has 0 unspecified atom stereocenters. The normalized spacial score (nSPS) is 10.1. The zero-order chi connectivity index (χ0) is 22.1. The number of hydrogen-bond acceptors (Lipinski definition) is 5. The molecule has 2 aromatic carbocycles. The molecule has 2 aromatic rings. The van der Waals surface area contributed by atoms with Gasteiger partial charge in [-0.3, -0.25) is 25.8 Å². The molecule has 0 aliphatic rings. The maximum absolute atomic E-state index is 12.4. The molecule has 0 saturated carbocycles. The van der Waals surface area contributed by atoms with Crippen molar-refractivity contribution >= 4 is 67.7 Å². The largest absolute Gasteiger partial charge is 0.496 e. The molecule has 0 bridgehead atoms. The van der Waals surface area contributed by atoms with E-state index in [9.17, 15) is 9.59 Å². The molecule has 0 spiro atoms. The third-order valence-electron chi connectivity index (χ3n) is 3.88. The van der Waals surface area contributed by atoms with Gasteiger partial charge in [0.05, 0.1) is 21.8 Å². The Morgan fingerprint density at radius 1 is 1.07 bits per heavy atom. The molecule has 30 heavy (non-hydrogen) atoms. The first-order chi connectivity index (χ1) is 14.3. The van der Waals surface area contributed by atoms with Crippen LogP contribution in [0.3, 0.4) is 0 Å². The lowest BCUT2D eigenvalue weighted by Crippen LogP contribution is -2.48. The van der Waals surface area contributed by atoms with E-state index in [1.165, 1.54) is 0 Å². The Hall–Kier alpha value is -1.92. The zero-order valence-corrected chi connectivity index (χ0v) is 20.9. The molecule has 0 heterocycles. The number of hydrogen-bond donors (Lipinski definition) is 3. The van der Waals surface area contributed by atoms with Crippen LogP contribution in [0.1, 0.15) is 40.5 Å². The predicted octanol–water partition coefficient (Wildman–Crippen LogP) is 4.19. The molecule has 0 atom stereocenters. The van der Waals surface area contributed by atoms with Crippen LogP contribution in [-0.2, 0) is 0 Å². The number of ether oxygens (including phenoxy) is 2. The highest BCUT2D eigenvalue weighted by Gasteiger charge is 2.13. The van der Waals surface area contributed by atoms with Crippen LogP contribution in [0.4, 0.5) is 0 Å². The SMILES string of the molecule is CCCCOc1ccc(C(=O)NC(=S)NNC(=O)c2ccc(OC)c(I)c2)cc1Br. The number of hydrazine groups is 1. The van der Waals surface area contributed by atoms with Gasteiger partial charge in [0.15, 0.2) is 5.11 Å². The third-order valence-corrected chi connectivity index (χ3v) is 5.55. The minimum absolute atomic E-state index is 0.0315. The van der Waals surface area contributed by atoms with Crippen molar-refractivity contribution in [1.29, 1.82) is 0 Å². The summed E-state index contributed by atoms with van der Waals surface area (Å²) >= 11 is 10.6. The predicted molar refractivity (Wildman–Crippen MR) is 131 cm³/mol. The Balaban J connectivity index is 1.88. The van der Waals surface area contributed by atoms with Gasteiger partial charge in [-0.05, 0) is 93.6 Å². The Kier molecular flexibility index (Phi) is 9.79. The van der Waals surface area contributed by atoms with E-state index in [0.29, 0.717) is 33.7 Å². The standard InChI is InChI=1S/C20H21BrIN3O4S/c1-3-4-9-29-16-7-5-12(10-14(16)21)18(26)23-20(30)25-24-19(27)13-6-8-17(28-2)15(22)11-13/h5-8,10-11H,3-4,9H2,1-2H3,(H,24,27)(H2,23,25,26,30). The van der Waals surface area contributed by atoms with E-state index in [1.807, 2.05) is 0 Å². The van der Waals surface area contributed by atoms with Crippen molar-refractivity contribution in [2.24, 2.45) is 0 Å². The Morgan fingerprint density at radius 2 is 1.73 bits per heavy atom. The fourth-order valence-electron chi connectivity index (χ4n) is 2.29. The molecule has 0 aliphatic heterocycles. The van der Waals surface area contributed by atoms with E-state index in [-0.39, 0.29) is 5.11 Å². The van der Waals surface area contributed by atoms with Crippen LogP contribution in [0.2, 0.25) is 0 Å². The van der Waals surface area contributed by atoms with Gasteiger partial charge in [0.25, 0.3) is 11.8 Å². The van der Waals surface area contributed by atoms with Gasteiger partial charge in [-0.25, -0.2) is 0 Å². The summed E-state index contributed by atoms with van der Waals surface area (Å²) in [7, 11) is 1.56. The highest BCUT2D eigenvalue weighted by molar-refractivity contribution is 14.1.